The summed E-state index contributed by atoms with van der Waals surface area (Å²) in [6.45, 7) is 5.26. The molecule has 12 heavy (non-hydrogen) atoms. The number of aromatic nitrogens is 2. The Morgan fingerprint density at radius 2 is 2.25 bits per heavy atom. The second kappa shape index (κ2) is 2.59. The van der Waals surface area contributed by atoms with Crippen molar-refractivity contribution in [3.8, 4) is 0 Å². The Labute approximate surface area is 72.6 Å². The highest BCUT2D eigenvalue weighted by Crippen LogP contribution is 2.24. The van der Waals surface area contributed by atoms with E-state index in [0.29, 0.717) is 0 Å². The molecule has 1 aromatic rings. The summed E-state index contributed by atoms with van der Waals surface area (Å²) in [5.41, 5.74) is 8.35. The van der Waals surface area contributed by atoms with Crippen molar-refractivity contribution in [2.45, 2.75) is 39.3 Å². The standard InChI is InChI=1S/C9H15N3/c1-6-7(2)12-5-3-4-8(10)9(12)11-6/h8H,3-5,10H2,1-2H3/t8-/m0/s1. The zero-order valence-corrected chi connectivity index (χ0v) is 7.67. The van der Waals surface area contributed by atoms with Crippen molar-refractivity contribution < 1.29 is 0 Å². The summed E-state index contributed by atoms with van der Waals surface area (Å²) in [6, 6.07) is 0.158. The van der Waals surface area contributed by atoms with E-state index in [0.717, 1.165) is 24.5 Å². The van der Waals surface area contributed by atoms with E-state index < -0.39 is 0 Å². The molecule has 0 radical (unpaired) electrons. The lowest BCUT2D eigenvalue weighted by atomic mass is 10.1. The van der Waals surface area contributed by atoms with Crippen LogP contribution in [-0.4, -0.2) is 9.55 Å². The van der Waals surface area contributed by atoms with Crippen molar-refractivity contribution in [1.82, 2.24) is 9.55 Å². The van der Waals surface area contributed by atoms with Gasteiger partial charge in [-0.25, -0.2) is 4.98 Å². The first-order valence-electron chi connectivity index (χ1n) is 4.49. The first-order chi connectivity index (χ1) is 5.70. The molecule has 2 N–H and O–H groups in total. The van der Waals surface area contributed by atoms with Gasteiger partial charge in [0, 0.05) is 12.2 Å². The second-order valence-electron chi connectivity index (χ2n) is 3.54. The minimum atomic E-state index is 0.158. The summed E-state index contributed by atoms with van der Waals surface area (Å²) >= 11 is 0. The van der Waals surface area contributed by atoms with Gasteiger partial charge in [-0.05, 0) is 26.7 Å². The molecule has 1 aromatic heterocycles. The third kappa shape index (κ3) is 0.966. The maximum absolute atomic E-state index is 5.95. The molecular formula is C9H15N3. The summed E-state index contributed by atoms with van der Waals surface area (Å²) in [5.74, 6) is 1.08. The third-order valence-electron chi connectivity index (χ3n) is 2.72. The van der Waals surface area contributed by atoms with E-state index in [4.69, 9.17) is 5.73 Å². The molecule has 0 saturated carbocycles. The molecular weight excluding hydrogens is 150 g/mol. The topological polar surface area (TPSA) is 43.8 Å². The number of aryl methyl sites for hydroxylation is 1. The number of imidazole rings is 1. The molecule has 1 aliphatic rings. The van der Waals surface area contributed by atoms with Crippen LogP contribution in [0.3, 0.4) is 0 Å². The van der Waals surface area contributed by atoms with Gasteiger partial charge in [0.05, 0.1) is 11.7 Å². The van der Waals surface area contributed by atoms with E-state index in [1.165, 1.54) is 12.1 Å². The van der Waals surface area contributed by atoms with Gasteiger partial charge < -0.3 is 10.3 Å². The van der Waals surface area contributed by atoms with Crippen molar-refractivity contribution in [2.75, 3.05) is 0 Å². The number of rotatable bonds is 0. The van der Waals surface area contributed by atoms with Crippen molar-refractivity contribution in [3.05, 3.63) is 17.2 Å². The lowest BCUT2D eigenvalue weighted by molar-refractivity contribution is 0.446. The Morgan fingerprint density at radius 3 is 2.92 bits per heavy atom. The normalized spacial score (nSPS) is 22.4. The molecule has 2 rings (SSSR count). The van der Waals surface area contributed by atoms with E-state index in [9.17, 15) is 0 Å². The average molecular weight is 165 g/mol. The van der Waals surface area contributed by atoms with Crippen molar-refractivity contribution in [1.29, 1.82) is 0 Å². The zero-order chi connectivity index (χ0) is 8.72. The summed E-state index contributed by atoms with van der Waals surface area (Å²) in [7, 11) is 0. The van der Waals surface area contributed by atoms with E-state index in [-0.39, 0.29) is 6.04 Å². The van der Waals surface area contributed by atoms with Crippen LogP contribution in [0.1, 0.15) is 36.1 Å². The maximum atomic E-state index is 5.95. The predicted molar refractivity (Wildman–Crippen MR) is 47.9 cm³/mol. The van der Waals surface area contributed by atoms with E-state index in [1.807, 2.05) is 6.92 Å². The fourth-order valence-electron chi connectivity index (χ4n) is 1.84. The smallest absolute Gasteiger partial charge is 0.126 e. The Bertz CT molecular complexity index is 301. The van der Waals surface area contributed by atoms with Gasteiger partial charge in [0.25, 0.3) is 0 Å². The lowest BCUT2D eigenvalue weighted by Crippen LogP contribution is -2.22. The van der Waals surface area contributed by atoms with E-state index in [1.54, 1.807) is 0 Å². The summed E-state index contributed by atoms with van der Waals surface area (Å²) in [6.07, 6.45) is 2.26. The van der Waals surface area contributed by atoms with Crippen LogP contribution < -0.4 is 5.73 Å². The first-order valence-corrected chi connectivity index (χ1v) is 4.49. The quantitative estimate of drug-likeness (QED) is 0.629. The van der Waals surface area contributed by atoms with Crippen LogP contribution in [0.25, 0.3) is 0 Å². The molecule has 0 aromatic carbocycles. The zero-order valence-electron chi connectivity index (χ0n) is 7.67. The van der Waals surface area contributed by atoms with Crippen LogP contribution in [0.5, 0.6) is 0 Å². The molecule has 1 atom stereocenters. The van der Waals surface area contributed by atoms with E-state index in [2.05, 4.69) is 16.5 Å². The van der Waals surface area contributed by atoms with Gasteiger partial charge in [0.15, 0.2) is 0 Å². The summed E-state index contributed by atoms with van der Waals surface area (Å²) < 4.78 is 2.25. The minimum Gasteiger partial charge on any atom is -0.331 e. The van der Waals surface area contributed by atoms with Crippen LogP contribution in [-0.2, 0) is 6.54 Å². The summed E-state index contributed by atoms with van der Waals surface area (Å²) in [5, 5.41) is 0. The molecule has 3 nitrogen and oxygen atoms in total. The predicted octanol–water partition coefficient (Wildman–Crippen LogP) is 1.29. The monoisotopic (exact) mass is 165 g/mol. The summed E-state index contributed by atoms with van der Waals surface area (Å²) in [4.78, 5) is 4.47. The molecule has 3 heteroatoms. The molecule has 2 heterocycles. The Balaban J connectivity index is 2.52. The molecule has 0 bridgehead atoms. The highest BCUT2D eigenvalue weighted by molar-refractivity contribution is 5.17. The third-order valence-corrected chi connectivity index (χ3v) is 2.72. The fraction of sp³-hybridized carbons (Fsp3) is 0.667. The molecule has 66 valence electrons. The SMILES string of the molecule is Cc1nc2n(c1C)CCC[C@@H]2N. The van der Waals surface area contributed by atoms with Gasteiger partial charge >= 0.3 is 0 Å². The van der Waals surface area contributed by atoms with E-state index >= 15 is 0 Å². The van der Waals surface area contributed by atoms with Gasteiger partial charge in [0.2, 0.25) is 0 Å². The lowest BCUT2D eigenvalue weighted by Gasteiger charge is -2.20. The highest BCUT2D eigenvalue weighted by Gasteiger charge is 2.20. The van der Waals surface area contributed by atoms with Gasteiger partial charge in [-0.3, -0.25) is 0 Å². The van der Waals surface area contributed by atoms with Crippen LogP contribution in [0, 0.1) is 13.8 Å². The number of hydrogen-bond acceptors (Lipinski definition) is 2. The van der Waals surface area contributed by atoms with Crippen molar-refractivity contribution in [2.24, 2.45) is 5.73 Å². The van der Waals surface area contributed by atoms with Gasteiger partial charge in [-0.1, -0.05) is 0 Å². The number of fused-ring (bicyclic) bond motifs is 1. The molecule has 0 saturated heterocycles. The molecule has 0 fully saturated rings. The molecule has 0 amide bonds. The average Bonchev–Trinajstić information content (AvgIpc) is 2.32. The van der Waals surface area contributed by atoms with Crippen LogP contribution >= 0.6 is 0 Å². The fourth-order valence-corrected chi connectivity index (χ4v) is 1.84. The van der Waals surface area contributed by atoms with Gasteiger partial charge in [0.1, 0.15) is 5.82 Å². The Hall–Kier alpha value is -0.830. The van der Waals surface area contributed by atoms with Crippen molar-refractivity contribution >= 4 is 0 Å². The van der Waals surface area contributed by atoms with Crippen molar-refractivity contribution in [3.63, 3.8) is 0 Å². The molecule has 0 unspecified atom stereocenters. The molecule has 1 aliphatic heterocycles. The Kier molecular flexibility index (Phi) is 1.68. The highest BCUT2D eigenvalue weighted by atomic mass is 15.1. The van der Waals surface area contributed by atoms with Crippen LogP contribution in [0.4, 0.5) is 0 Å². The molecule has 0 aliphatic carbocycles. The number of nitrogens with zero attached hydrogens (tertiary/aromatic N) is 2. The number of hydrogen-bond donors (Lipinski definition) is 1. The van der Waals surface area contributed by atoms with Gasteiger partial charge in [-0.2, -0.15) is 0 Å². The van der Waals surface area contributed by atoms with Gasteiger partial charge in [-0.15, -0.1) is 0 Å². The largest absolute Gasteiger partial charge is 0.331 e. The number of nitrogens with two attached hydrogens (primary N) is 1. The second-order valence-corrected chi connectivity index (χ2v) is 3.54. The van der Waals surface area contributed by atoms with Crippen LogP contribution in [0.2, 0.25) is 0 Å². The van der Waals surface area contributed by atoms with Crippen LogP contribution in [0.15, 0.2) is 0 Å². The first kappa shape index (κ1) is 7.80. The minimum absolute atomic E-state index is 0.158. The molecule has 0 spiro atoms. The maximum Gasteiger partial charge on any atom is 0.126 e. The Morgan fingerprint density at radius 1 is 1.50 bits per heavy atom.